The summed E-state index contributed by atoms with van der Waals surface area (Å²) in [6.45, 7) is 5.49. The van der Waals surface area contributed by atoms with E-state index in [9.17, 15) is 4.79 Å². The predicted molar refractivity (Wildman–Crippen MR) is 72.0 cm³/mol. The molecule has 1 aliphatic rings. The number of hydrogen-bond acceptors (Lipinski definition) is 5. The van der Waals surface area contributed by atoms with Crippen molar-refractivity contribution in [1.82, 2.24) is 15.3 Å². The molecule has 1 saturated heterocycles. The van der Waals surface area contributed by atoms with Gasteiger partial charge in [0.1, 0.15) is 17.8 Å². The third-order valence-corrected chi connectivity index (χ3v) is 2.84. The molecule has 6 nitrogen and oxygen atoms in total. The molecular formula is C13H18N4O2. The van der Waals surface area contributed by atoms with Gasteiger partial charge in [-0.15, -0.1) is 6.58 Å². The van der Waals surface area contributed by atoms with Crippen molar-refractivity contribution in [3.05, 3.63) is 30.7 Å². The van der Waals surface area contributed by atoms with Crippen molar-refractivity contribution >= 4 is 11.7 Å². The average molecular weight is 262 g/mol. The fourth-order valence-electron chi connectivity index (χ4n) is 1.86. The minimum Gasteiger partial charge on any atom is -0.376 e. The number of amides is 1. The fourth-order valence-corrected chi connectivity index (χ4v) is 1.86. The molecule has 1 aliphatic heterocycles. The zero-order valence-corrected chi connectivity index (χ0v) is 10.8. The zero-order chi connectivity index (χ0) is 13.5. The average Bonchev–Trinajstić information content (AvgIpc) is 2.96. The highest BCUT2D eigenvalue weighted by Gasteiger charge is 2.15. The molecule has 1 fully saturated rings. The predicted octanol–water partition coefficient (Wildman–Crippen LogP) is 0.983. The first kappa shape index (κ1) is 13.5. The number of carbonyl (C=O) groups excluding carboxylic acids is 1. The molecule has 0 radical (unpaired) electrons. The molecule has 1 aromatic rings. The maximum atomic E-state index is 11.7. The van der Waals surface area contributed by atoms with Gasteiger partial charge in [-0.1, -0.05) is 6.08 Å². The first-order valence-corrected chi connectivity index (χ1v) is 6.36. The molecule has 2 rings (SSSR count). The molecular weight excluding hydrogens is 244 g/mol. The van der Waals surface area contributed by atoms with Crippen molar-refractivity contribution in [1.29, 1.82) is 0 Å². The standard InChI is InChI=1S/C13H18N4O2/c1-2-5-14-13(18)11-7-12(17-9-16-11)15-8-10-4-3-6-19-10/h2,7,9-10H,1,3-6,8H2,(H,14,18)(H,15,16,17). The number of aromatic nitrogens is 2. The molecule has 1 aromatic heterocycles. The molecule has 2 N–H and O–H groups in total. The topological polar surface area (TPSA) is 76.1 Å². The third kappa shape index (κ3) is 4.03. The minimum atomic E-state index is -0.234. The number of anilines is 1. The normalized spacial score (nSPS) is 18.0. The van der Waals surface area contributed by atoms with Crippen molar-refractivity contribution in [2.24, 2.45) is 0 Å². The Morgan fingerprint density at radius 2 is 2.47 bits per heavy atom. The van der Waals surface area contributed by atoms with Crippen LogP contribution in [0.15, 0.2) is 25.0 Å². The summed E-state index contributed by atoms with van der Waals surface area (Å²) in [5, 5.41) is 5.83. The second kappa shape index (κ2) is 6.84. The maximum Gasteiger partial charge on any atom is 0.270 e. The van der Waals surface area contributed by atoms with Crippen LogP contribution in [0, 0.1) is 0 Å². The van der Waals surface area contributed by atoms with Gasteiger partial charge in [0.2, 0.25) is 0 Å². The number of ether oxygens (including phenoxy) is 1. The summed E-state index contributed by atoms with van der Waals surface area (Å²) in [5.74, 6) is 0.400. The lowest BCUT2D eigenvalue weighted by Gasteiger charge is -2.11. The van der Waals surface area contributed by atoms with Crippen LogP contribution in [0.25, 0.3) is 0 Å². The van der Waals surface area contributed by atoms with Gasteiger partial charge in [-0.3, -0.25) is 4.79 Å². The smallest absolute Gasteiger partial charge is 0.270 e. The lowest BCUT2D eigenvalue weighted by atomic mass is 10.2. The van der Waals surface area contributed by atoms with Gasteiger partial charge in [-0.25, -0.2) is 9.97 Å². The number of hydrogen-bond donors (Lipinski definition) is 2. The van der Waals surface area contributed by atoms with Crippen LogP contribution in [-0.4, -0.2) is 41.7 Å². The summed E-state index contributed by atoms with van der Waals surface area (Å²) in [5.41, 5.74) is 0.340. The van der Waals surface area contributed by atoms with Gasteiger partial charge in [0, 0.05) is 25.8 Å². The molecule has 2 heterocycles. The number of nitrogens with one attached hydrogen (secondary N) is 2. The first-order chi connectivity index (χ1) is 9.29. The minimum absolute atomic E-state index is 0.230. The quantitative estimate of drug-likeness (QED) is 0.747. The second-order valence-electron chi connectivity index (χ2n) is 4.30. The Morgan fingerprint density at radius 1 is 1.58 bits per heavy atom. The van der Waals surface area contributed by atoms with Crippen LogP contribution in [0.2, 0.25) is 0 Å². The largest absolute Gasteiger partial charge is 0.376 e. The van der Waals surface area contributed by atoms with Crippen LogP contribution in [0.4, 0.5) is 5.82 Å². The molecule has 6 heteroatoms. The van der Waals surface area contributed by atoms with Gasteiger partial charge in [-0.05, 0) is 12.8 Å². The molecule has 1 amide bonds. The van der Waals surface area contributed by atoms with Gasteiger partial charge in [-0.2, -0.15) is 0 Å². The summed E-state index contributed by atoms with van der Waals surface area (Å²) < 4.78 is 5.51. The van der Waals surface area contributed by atoms with Crippen molar-refractivity contribution in [3.63, 3.8) is 0 Å². The van der Waals surface area contributed by atoms with E-state index in [4.69, 9.17) is 4.74 Å². The summed E-state index contributed by atoms with van der Waals surface area (Å²) in [4.78, 5) is 19.7. The molecule has 0 aliphatic carbocycles. The number of nitrogens with zero attached hydrogens (tertiary/aromatic N) is 2. The van der Waals surface area contributed by atoms with Crippen LogP contribution in [-0.2, 0) is 4.74 Å². The lowest BCUT2D eigenvalue weighted by Crippen LogP contribution is -2.25. The zero-order valence-electron chi connectivity index (χ0n) is 10.8. The Kier molecular flexibility index (Phi) is 4.85. The van der Waals surface area contributed by atoms with E-state index in [0.29, 0.717) is 24.6 Å². The van der Waals surface area contributed by atoms with Crippen molar-refractivity contribution in [3.8, 4) is 0 Å². The Balaban J connectivity index is 1.90. The molecule has 0 aromatic carbocycles. The summed E-state index contributed by atoms with van der Waals surface area (Å²) >= 11 is 0. The summed E-state index contributed by atoms with van der Waals surface area (Å²) in [6.07, 6.45) is 5.39. The molecule has 1 atom stereocenters. The van der Waals surface area contributed by atoms with Gasteiger partial charge >= 0.3 is 0 Å². The van der Waals surface area contributed by atoms with Crippen molar-refractivity contribution in [2.45, 2.75) is 18.9 Å². The number of rotatable bonds is 6. The van der Waals surface area contributed by atoms with Crippen LogP contribution in [0.3, 0.4) is 0 Å². The molecule has 1 unspecified atom stereocenters. The Hall–Kier alpha value is -1.95. The van der Waals surface area contributed by atoms with E-state index in [2.05, 4.69) is 27.2 Å². The maximum absolute atomic E-state index is 11.7. The monoisotopic (exact) mass is 262 g/mol. The highest BCUT2D eigenvalue weighted by atomic mass is 16.5. The molecule has 102 valence electrons. The van der Waals surface area contributed by atoms with E-state index in [1.807, 2.05) is 0 Å². The van der Waals surface area contributed by atoms with Crippen LogP contribution in [0.1, 0.15) is 23.3 Å². The Morgan fingerprint density at radius 3 is 3.21 bits per heavy atom. The van der Waals surface area contributed by atoms with Crippen LogP contribution in [0.5, 0.6) is 0 Å². The third-order valence-electron chi connectivity index (χ3n) is 2.84. The van der Waals surface area contributed by atoms with E-state index in [1.165, 1.54) is 6.33 Å². The van der Waals surface area contributed by atoms with Crippen LogP contribution >= 0.6 is 0 Å². The van der Waals surface area contributed by atoms with Crippen LogP contribution < -0.4 is 10.6 Å². The Bertz CT molecular complexity index is 444. The SMILES string of the molecule is C=CCNC(=O)c1cc(NCC2CCCO2)ncn1. The first-order valence-electron chi connectivity index (χ1n) is 6.36. The lowest BCUT2D eigenvalue weighted by molar-refractivity contribution is 0.0953. The second-order valence-corrected chi connectivity index (χ2v) is 4.30. The highest BCUT2D eigenvalue weighted by molar-refractivity contribution is 5.92. The number of carbonyl (C=O) groups is 1. The summed E-state index contributed by atoms with van der Waals surface area (Å²) in [6, 6.07) is 1.63. The van der Waals surface area contributed by atoms with E-state index < -0.39 is 0 Å². The van der Waals surface area contributed by atoms with Crippen molar-refractivity contribution in [2.75, 3.05) is 25.0 Å². The van der Waals surface area contributed by atoms with E-state index >= 15 is 0 Å². The van der Waals surface area contributed by atoms with E-state index in [0.717, 1.165) is 19.4 Å². The molecule has 0 bridgehead atoms. The fraction of sp³-hybridized carbons (Fsp3) is 0.462. The summed E-state index contributed by atoms with van der Waals surface area (Å²) in [7, 11) is 0. The van der Waals surface area contributed by atoms with Gasteiger partial charge in [0.15, 0.2) is 0 Å². The van der Waals surface area contributed by atoms with E-state index in [-0.39, 0.29) is 12.0 Å². The molecule has 0 spiro atoms. The van der Waals surface area contributed by atoms with Crippen molar-refractivity contribution < 1.29 is 9.53 Å². The van der Waals surface area contributed by atoms with Gasteiger partial charge in [0.25, 0.3) is 5.91 Å². The van der Waals surface area contributed by atoms with Gasteiger partial charge in [0.05, 0.1) is 6.10 Å². The van der Waals surface area contributed by atoms with E-state index in [1.54, 1.807) is 12.1 Å². The molecule has 0 saturated carbocycles. The van der Waals surface area contributed by atoms with Gasteiger partial charge < -0.3 is 15.4 Å². The molecule has 19 heavy (non-hydrogen) atoms. The Labute approximate surface area is 112 Å². The highest BCUT2D eigenvalue weighted by Crippen LogP contribution is 2.13.